The lowest BCUT2D eigenvalue weighted by Crippen LogP contribution is -2.63. The van der Waals surface area contributed by atoms with Gasteiger partial charge in [0.05, 0.1) is 48.0 Å². The molecule has 1 aromatic carbocycles. The van der Waals surface area contributed by atoms with E-state index < -0.39 is 17.8 Å². The van der Waals surface area contributed by atoms with Crippen LogP contribution in [0.1, 0.15) is 55.3 Å². The van der Waals surface area contributed by atoms with Crippen molar-refractivity contribution in [3.8, 4) is 17.7 Å². The van der Waals surface area contributed by atoms with Crippen molar-refractivity contribution in [1.29, 1.82) is 5.26 Å². The minimum Gasteiger partial charge on any atom is -0.484 e. The molecule has 1 aromatic heterocycles. The third-order valence-corrected chi connectivity index (χ3v) is 12.2. The molecular formula is C35H41FN6O3S. The zero-order valence-electron chi connectivity index (χ0n) is 26.3. The lowest BCUT2D eigenvalue weighted by molar-refractivity contribution is -0.132. The molecule has 3 saturated heterocycles. The highest BCUT2D eigenvalue weighted by atomic mass is 32.2. The molecule has 7 heterocycles. The first-order valence-corrected chi connectivity index (χ1v) is 17.8. The van der Waals surface area contributed by atoms with Gasteiger partial charge in [-0.05, 0) is 81.5 Å². The molecule has 0 bridgehead atoms. The number of amides is 1. The lowest BCUT2D eigenvalue weighted by Gasteiger charge is -2.50. The van der Waals surface area contributed by atoms with Gasteiger partial charge in [0, 0.05) is 35.8 Å². The fourth-order valence-corrected chi connectivity index (χ4v) is 9.88. The molecule has 6 aliphatic rings. The number of nitrogens with zero attached hydrogens (tertiary/aromatic N) is 6. The number of fused-ring (bicyclic) bond motifs is 7. The molecule has 3 fully saturated rings. The Bertz CT molecular complexity index is 1600. The SMILES string of the molecule is C=C(F)C(=O)N1CC2COc3c(OCC45CCCN4CCC5)nc4c(c3N2C[C@@H]1CC#N)CCN(c1cccc2c1CCCS2)C4. The second kappa shape index (κ2) is 11.9. The molecule has 6 aliphatic heterocycles. The third-order valence-electron chi connectivity index (χ3n) is 11.0. The summed E-state index contributed by atoms with van der Waals surface area (Å²) in [6.45, 7) is 8.61. The van der Waals surface area contributed by atoms with E-state index in [2.05, 4.69) is 45.5 Å². The Morgan fingerprint density at radius 1 is 1.17 bits per heavy atom. The van der Waals surface area contributed by atoms with Gasteiger partial charge in [0.25, 0.3) is 11.8 Å². The number of piperazine rings is 1. The number of rotatable bonds is 6. The summed E-state index contributed by atoms with van der Waals surface area (Å²) in [5, 5.41) is 9.67. The van der Waals surface area contributed by atoms with E-state index in [0.29, 0.717) is 37.9 Å². The van der Waals surface area contributed by atoms with Crippen LogP contribution >= 0.6 is 11.8 Å². The average Bonchev–Trinajstić information content (AvgIpc) is 3.66. The van der Waals surface area contributed by atoms with Gasteiger partial charge in [0.15, 0.2) is 5.83 Å². The number of pyridine rings is 1. The summed E-state index contributed by atoms with van der Waals surface area (Å²) in [5.41, 5.74) is 5.91. The van der Waals surface area contributed by atoms with E-state index in [4.69, 9.17) is 14.5 Å². The van der Waals surface area contributed by atoms with Crippen LogP contribution in [0, 0.1) is 11.3 Å². The lowest BCUT2D eigenvalue weighted by atomic mass is 9.94. The Balaban J connectivity index is 1.17. The first-order valence-electron chi connectivity index (χ1n) is 16.8. The summed E-state index contributed by atoms with van der Waals surface area (Å²) < 4.78 is 27.3. The molecular weight excluding hydrogens is 603 g/mol. The van der Waals surface area contributed by atoms with E-state index in [1.807, 2.05) is 11.8 Å². The van der Waals surface area contributed by atoms with Crippen molar-refractivity contribution >= 4 is 29.0 Å². The predicted octanol–water partition coefficient (Wildman–Crippen LogP) is 4.86. The molecule has 46 heavy (non-hydrogen) atoms. The monoisotopic (exact) mass is 644 g/mol. The quantitative estimate of drug-likeness (QED) is 0.409. The molecule has 1 unspecified atom stereocenters. The van der Waals surface area contributed by atoms with Gasteiger partial charge in [0.2, 0.25) is 5.75 Å². The van der Waals surface area contributed by atoms with Crippen molar-refractivity contribution in [3.63, 3.8) is 0 Å². The van der Waals surface area contributed by atoms with Gasteiger partial charge in [-0.1, -0.05) is 12.6 Å². The fourth-order valence-electron chi connectivity index (χ4n) is 8.81. The molecule has 0 saturated carbocycles. The summed E-state index contributed by atoms with van der Waals surface area (Å²) in [5.74, 6) is 0.628. The Kier molecular flexibility index (Phi) is 7.76. The zero-order valence-corrected chi connectivity index (χ0v) is 27.1. The van der Waals surface area contributed by atoms with Crippen molar-refractivity contribution in [2.24, 2.45) is 0 Å². The van der Waals surface area contributed by atoms with Crippen molar-refractivity contribution in [2.75, 3.05) is 61.5 Å². The number of benzene rings is 1. The normalized spacial score (nSPS) is 24.6. The van der Waals surface area contributed by atoms with E-state index in [9.17, 15) is 14.4 Å². The Morgan fingerprint density at radius 2 is 2.02 bits per heavy atom. The van der Waals surface area contributed by atoms with Gasteiger partial charge in [-0.3, -0.25) is 9.69 Å². The molecule has 8 rings (SSSR count). The van der Waals surface area contributed by atoms with Gasteiger partial charge in [-0.2, -0.15) is 5.26 Å². The maximum Gasteiger partial charge on any atom is 0.282 e. The van der Waals surface area contributed by atoms with Crippen LogP contribution in [0.2, 0.25) is 0 Å². The minimum absolute atomic E-state index is 0.0626. The Labute approximate surface area is 274 Å². The van der Waals surface area contributed by atoms with E-state index in [1.54, 1.807) is 0 Å². The van der Waals surface area contributed by atoms with Crippen LogP contribution in [0.15, 0.2) is 35.5 Å². The van der Waals surface area contributed by atoms with Crippen LogP contribution in [-0.4, -0.2) is 90.0 Å². The topological polar surface area (TPSA) is 85.2 Å². The highest BCUT2D eigenvalue weighted by molar-refractivity contribution is 7.99. The molecule has 1 amide bonds. The van der Waals surface area contributed by atoms with Crippen molar-refractivity contribution in [1.82, 2.24) is 14.8 Å². The molecule has 242 valence electrons. The number of nitriles is 1. The number of aromatic nitrogens is 1. The van der Waals surface area contributed by atoms with Crippen LogP contribution in [-0.2, 0) is 24.2 Å². The summed E-state index contributed by atoms with van der Waals surface area (Å²) in [4.78, 5) is 28.2. The van der Waals surface area contributed by atoms with Crippen molar-refractivity contribution < 1.29 is 18.7 Å². The predicted molar refractivity (Wildman–Crippen MR) is 175 cm³/mol. The van der Waals surface area contributed by atoms with Crippen LogP contribution in [0.3, 0.4) is 0 Å². The maximum absolute atomic E-state index is 14.1. The highest BCUT2D eigenvalue weighted by Gasteiger charge is 2.47. The van der Waals surface area contributed by atoms with Crippen LogP contribution in [0.4, 0.5) is 15.8 Å². The van der Waals surface area contributed by atoms with E-state index >= 15 is 0 Å². The van der Waals surface area contributed by atoms with Gasteiger partial charge in [-0.25, -0.2) is 9.37 Å². The first kappa shape index (κ1) is 29.9. The molecule has 11 heteroatoms. The molecule has 2 aromatic rings. The van der Waals surface area contributed by atoms with E-state index in [-0.39, 0.29) is 24.5 Å². The third kappa shape index (κ3) is 5.00. The van der Waals surface area contributed by atoms with Crippen LogP contribution in [0.5, 0.6) is 11.6 Å². The smallest absolute Gasteiger partial charge is 0.282 e. The fraction of sp³-hybridized carbons (Fsp3) is 0.571. The Morgan fingerprint density at radius 3 is 2.83 bits per heavy atom. The summed E-state index contributed by atoms with van der Waals surface area (Å²) in [6, 6.07) is 8.25. The largest absolute Gasteiger partial charge is 0.484 e. The number of hydrogen-bond acceptors (Lipinski definition) is 9. The summed E-state index contributed by atoms with van der Waals surface area (Å²) in [6.07, 6.45) is 7.85. The van der Waals surface area contributed by atoms with Gasteiger partial charge in [-0.15, -0.1) is 11.8 Å². The van der Waals surface area contributed by atoms with Crippen molar-refractivity contribution in [2.45, 2.75) is 80.4 Å². The zero-order chi connectivity index (χ0) is 31.4. The van der Waals surface area contributed by atoms with Crippen LogP contribution < -0.4 is 19.3 Å². The number of thioether (sulfide) groups is 1. The van der Waals surface area contributed by atoms with Gasteiger partial charge < -0.3 is 24.2 Å². The number of anilines is 2. The number of hydrogen-bond donors (Lipinski definition) is 0. The summed E-state index contributed by atoms with van der Waals surface area (Å²) in [7, 11) is 0. The molecule has 2 atom stereocenters. The average molecular weight is 645 g/mol. The Hall–Kier alpha value is -3.49. The number of halogens is 1. The minimum atomic E-state index is -1.00. The molecule has 0 N–H and O–H groups in total. The second-order valence-corrected chi connectivity index (χ2v) is 14.7. The number of carbonyl (C=O) groups is 1. The number of ether oxygens (including phenoxy) is 2. The van der Waals surface area contributed by atoms with Gasteiger partial charge in [0.1, 0.15) is 13.2 Å². The summed E-state index contributed by atoms with van der Waals surface area (Å²) >= 11 is 1.95. The molecule has 0 radical (unpaired) electrons. The van der Waals surface area contributed by atoms with Gasteiger partial charge >= 0.3 is 0 Å². The number of carbonyl (C=O) groups excluding carboxylic acids is 1. The van der Waals surface area contributed by atoms with Crippen molar-refractivity contribution in [3.05, 3.63) is 47.4 Å². The molecule has 0 spiro atoms. The maximum atomic E-state index is 14.1. The standard InChI is InChI=1S/C35H41FN6O3S/c1-23(36)34(43)42-19-25-21-44-32-31(41(25)18-24(42)9-13-37)26-10-16-39(29-7-2-8-30-27(29)6-3-17-46-30)20-28(26)38-33(32)45-22-35-11-4-14-40(35)15-5-12-35/h2,7-8,24-25H,1,3-6,9-12,14-22H2/t24-,25?/m0/s1. The highest BCUT2D eigenvalue weighted by Crippen LogP contribution is 2.49. The van der Waals surface area contributed by atoms with E-state index in [1.165, 1.54) is 46.1 Å². The molecule has 9 nitrogen and oxygen atoms in total. The molecule has 0 aliphatic carbocycles. The van der Waals surface area contributed by atoms with Crippen LogP contribution in [0.25, 0.3) is 0 Å². The van der Waals surface area contributed by atoms with E-state index in [0.717, 1.165) is 62.3 Å². The second-order valence-electron chi connectivity index (χ2n) is 13.6. The first-order chi connectivity index (χ1) is 22.5.